The zero-order valence-corrected chi connectivity index (χ0v) is 19.2. The minimum absolute atomic E-state index is 0.0507. The summed E-state index contributed by atoms with van der Waals surface area (Å²) in [6.07, 6.45) is 8.91. The summed E-state index contributed by atoms with van der Waals surface area (Å²) in [6, 6.07) is 5.99. The fourth-order valence-corrected chi connectivity index (χ4v) is 4.44. The van der Waals surface area contributed by atoms with E-state index in [0.29, 0.717) is 36.8 Å². The van der Waals surface area contributed by atoms with Crippen molar-refractivity contribution in [1.82, 2.24) is 19.9 Å². The number of nitrogens with one attached hydrogen (secondary N) is 2. The molecule has 10 nitrogen and oxygen atoms in total. The van der Waals surface area contributed by atoms with Gasteiger partial charge in [0.2, 0.25) is 17.7 Å². The lowest BCUT2D eigenvalue weighted by molar-refractivity contribution is -0.114. The summed E-state index contributed by atoms with van der Waals surface area (Å²) in [5, 5.41) is 7.01. The predicted octanol–water partition coefficient (Wildman–Crippen LogP) is 3.02. The Hall–Kier alpha value is -3.53. The summed E-state index contributed by atoms with van der Waals surface area (Å²) < 4.78 is 12.0. The van der Waals surface area contributed by atoms with Crippen molar-refractivity contribution in [3.05, 3.63) is 36.8 Å². The number of hydrogen-bond donors (Lipinski definition) is 2. The Morgan fingerprint density at radius 3 is 2.59 bits per heavy atom. The van der Waals surface area contributed by atoms with E-state index >= 15 is 0 Å². The van der Waals surface area contributed by atoms with Crippen LogP contribution in [0.1, 0.15) is 32.6 Å². The van der Waals surface area contributed by atoms with Gasteiger partial charge in [-0.25, -0.2) is 9.97 Å². The average Bonchev–Trinajstić information content (AvgIpc) is 2.86. The average molecular weight is 464 g/mol. The lowest BCUT2D eigenvalue weighted by Crippen LogP contribution is -2.37. The number of amides is 1. The Balaban J connectivity index is 1.35. The third-order valence-corrected chi connectivity index (χ3v) is 6.14. The Labute approximate surface area is 198 Å². The van der Waals surface area contributed by atoms with Gasteiger partial charge in [-0.15, -0.1) is 0 Å². The summed E-state index contributed by atoms with van der Waals surface area (Å²) in [5.41, 5.74) is 1.42. The van der Waals surface area contributed by atoms with Gasteiger partial charge in [-0.05, 0) is 37.8 Å². The molecule has 3 aromatic heterocycles. The van der Waals surface area contributed by atoms with Gasteiger partial charge in [0, 0.05) is 44.5 Å². The third-order valence-electron chi connectivity index (χ3n) is 6.14. The maximum atomic E-state index is 11.6. The number of fused-ring (bicyclic) bond motifs is 1. The number of rotatable bonds is 6. The highest BCUT2D eigenvalue weighted by atomic mass is 16.5. The largest absolute Gasteiger partial charge is 0.474 e. The first kappa shape index (κ1) is 22.3. The monoisotopic (exact) mass is 463 g/mol. The van der Waals surface area contributed by atoms with E-state index in [1.165, 1.54) is 6.92 Å². The Morgan fingerprint density at radius 2 is 1.85 bits per heavy atom. The molecule has 1 aliphatic heterocycles. The molecule has 0 unspecified atom stereocenters. The molecule has 0 spiro atoms. The topological polar surface area (TPSA) is 114 Å². The molecule has 0 aromatic carbocycles. The van der Waals surface area contributed by atoms with Crippen LogP contribution in [0.3, 0.4) is 0 Å². The first-order valence-corrected chi connectivity index (χ1v) is 11.8. The van der Waals surface area contributed by atoms with E-state index in [4.69, 9.17) is 14.5 Å². The van der Waals surface area contributed by atoms with Gasteiger partial charge in [-0.3, -0.25) is 9.78 Å². The van der Waals surface area contributed by atoms with Crippen molar-refractivity contribution in [1.29, 1.82) is 0 Å². The quantitative estimate of drug-likeness (QED) is 0.569. The fraction of sp³-hybridized carbons (Fsp3) is 0.458. The van der Waals surface area contributed by atoms with Crippen molar-refractivity contribution in [2.75, 3.05) is 41.8 Å². The number of carbonyl (C=O) groups excluding carboxylic acids is 1. The predicted molar refractivity (Wildman–Crippen MR) is 129 cm³/mol. The van der Waals surface area contributed by atoms with Gasteiger partial charge in [0.05, 0.1) is 36.0 Å². The summed E-state index contributed by atoms with van der Waals surface area (Å²) in [7, 11) is 0. The molecule has 3 aromatic rings. The Bertz CT molecular complexity index is 1130. The molecule has 10 heteroatoms. The molecule has 0 bridgehead atoms. The smallest absolute Gasteiger partial charge is 0.225 e. The second kappa shape index (κ2) is 10.2. The van der Waals surface area contributed by atoms with Crippen LogP contribution in [0.25, 0.3) is 10.9 Å². The van der Waals surface area contributed by atoms with Crippen LogP contribution in [0, 0.1) is 0 Å². The highest BCUT2D eigenvalue weighted by molar-refractivity contribution is 5.93. The molecule has 1 amide bonds. The fourth-order valence-electron chi connectivity index (χ4n) is 4.44. The Morgan fingerprint density at radius 1 is 1.09 bits per heavy atom. The Kier molecular flexibility index (Phi) is 6.66. The van der Waals surface area contributed by atoms with Crippen LogP contribution in [-0.4, -0.2) is 64.3 Å². The lowest BCUT2D eigenvalue weighted by atomic mass is 9.93. The molecule has 34 heavy (non-hydrogen) atoms. The van der Waals surface area contributed by atoms with Crippen LogP contribution in [0.5, 0.6) is 5.88 Å². The van der Waals surface area contributed by atoms with Crippen LogP contribution in [0.2, 0.25) is 0 Å². The molecule has 5 rings (SSSR count). The van der Waals surface area contributed by atoms with Gasteiger partial charge < -0.3 is 25.0 Å². The lowest BCUT2D eigenvalue weighted by Gasteiger charge is -2.31. The van der Waals surface area contributed by atoms with Gasteiger partial charge in [0.1, 0.15) is 11.9 Å². The van der Waals surface area contributed by atoms with Crippen molar-refractivity contribution in [3.63, 3.8) is 0 Å². The number of pyridine rings is 2. The van der Waals surface area contributed by atoms with Crippen LogP contribution in [0.4, 0.5) is 17.5 Å². The molecule has 1 saturated heterocycles. The molecule has 0 atom stereocenters. The van der Waals surface area contributed by atoms with E-state index in [2.05, 4.69) is 30.5 Å². The molecule has 0 radical (unpaired) electrons. The molecule has 2 aliphatic rings. The SMILES string of the molecule is CC(=O)Nc1cnc2cc(N3CCOCC3)nc(OC3CCC(Nc4ncccn4)CC3)c2c1. The first-order chi connectivity index (χ1) is 16.6. The maximum absolute atomic E-state index is 11.6. The number of aromatic nitrogens is 4. The van der Waals surface area contributed by atoms with Crippen molar-refractivity contribution in [2.45, 2.75) is 44.8 Å². The minimum atomic E-state index is -0.144. The van der Waals surface area contributed by atoms with Crippen LogP contribution < -0.4 is 20.3 Å². The first-order valence-electron chi connectivity index (χ1n) is 11.8. The van der Waals surface area contributed by atoms with E-state index in [0.717, 1.165) is 55.5 Å². The zero-order chi connectivity index (χ0) is 23.3. The number of carbonyl (C=O) groups is 1. The van der Waals surface area contributed by atoms with Crippen LogP contribution in [-0.2, 0) is 9.53 Å². The highest BCUT2D eigenvalue weighted by Crippen LogP contribution is 2.32. The van der Waals surface area contributed by atoms with Crippen molar-refractivity contribution >= 4 is 34.3 Å². The van der Waals surface area contributed by atoms with Gasteiger partial charge in [-0.2, -0.15) is 4.98 Å². The molecule has 1 saturated carbocycles. The molecule has 178 valence electrons. The second-order valence-corrected chi connectivity index (χ2v) is 8.67. The number of ether oxygens (including phenoxy) is 2. The molecule has 4 heterocycles. The van der Waals surface area contributed by atoms with Gasteiger partial charge in [0.25, 0.3) is 0 Å². The van der Waals surface area contributed by atoms with Crippen molar-refractivity contribution in [3.8, 4) is 5.88 Å². The van der Waals surface area contributed by atoms with E-state index in [-0.39, 0.29) is 12.0 Å². The second-order valence-electron chi connectivity index (χ2n) is 8.67. The number of hydrogen-bond acceptors (Lipinski definition) is 9. The maximum Gasteiger partial charge on any atom is 0.225 e. The molecular formula is C24H29N7O3. The van der Waals surface area contributed by atoms with E-state index in [1.807, 2.05) is 18.2 Å². The van der Waals surface area contributed by atoms with Crippen LogP contribution >= 0.6 is 0 Å². The minimum Gasteiger partial charge on any atom is -0.474 e. The molecular weight excluding hydrogens is 434 g/mol. The van der Waals surface area contributed by atoms with E-state index < -0.39 is 0 Å². The summed E-state index contributed by atoms with van der Waals surface area (Å²) >= 11 is 0. The summed E-state index contributed by atoms with van der Waals surface area (Å²) in [4.78, 5) is 31.7. The molecule has 2 fully saturated rings. The number of nitrogens with zero attached hydrogens (tertiary/aromatic N) is 5. The molecule has 2 N–H and O–H groups in total. The number of anilines is 3. The normalized spacial score (nSPS) is 20.7. The van der Waals surface area contributed by atoms with E-state index in [1.54, 1.807) is 18.6 Å². The summed E-state index contributed by atoms with van der Waals surface area (Å²) in [6.45, 7) is 4.38. The van der Waals surface area contributed by atoms with E-state index in [9.17, 15) is 4.79 Å². The van der Waals surface area contributed by atoms with Crippen LogP contribution in [0.15, 0.2) is 36.8 Å². The number of morpholine rings is 1. The summed E-state index contributed by atoms with van der Waals surface area (Å²) in [5.74, 6) is 1.91. The standard InChI is InChI=1S/C24H29N7O3/c1-16(32)28-18-13-20-21(27-15-18)14-22(31-9-11-33-12-10-31)30-23(20)34-19-5-3-17(4-6-19)29-24-25-7-2-8-26-24/h2,7-8,13-15,17,19H,3-6,9-12H2,1H3,(H,28,32)(H,25,26,29). The third kappa shape index (κ3) is 5.33. The van der Waals surface area contributed by atoms with Crippen molar-refractivity contribution < 1.29 is 14.3 Å². The molecule has 1 aliphatic carbocycles. The zero-order valence-electron chi connectivity index (χ0n) is 19.2. The van der Waals surface area contributed by atoms with Crippen molar-refractivity contribution in [2.24, 2.45) is 0 Å². The van der Waals surface area contributed by atoms with Gasteiger partial charge in [0.15, 0.2) is 0 Å². The van der Waals surface area contributed by atoms with Gasteiger partial charge >= 0.3 is 0 Å². The van der Waals surface area contributed by atoms with Gasteiger partial charge in [-0.1, -0.05) is 0 Å². The highest BCUT2D eigenvalue weighted by Gasteiger charge is 2.25.